The van der Waals surface area contributed by atoms with Crippen molar-refractivity contribution in [3.63, 3.8) is 0 Å². The van der Waals surface area contributed by atoms with Crippen LogP contribution in [0.15, 0.2) is 0 Å². The van der Waals surface area contributed by atoms with Crippen molar-refractivity contribution in [2.24, 2.45) is 11.8 Å². The molecule has 11 heteroatoms. The van der Waals surface area contributed by atoms with Gasteiger partial charge in [-0.15, -0.1) is 0 Å². The number of carbonyl (C=O) groups excluding carboxylic acids is 1. The summed E-state index contributed by atoms with van der Waals surface area (Å²) in [4.78, 5) is 12.0. The summed E-state index contributed by atoms with van der Waals surface area (Å²) >= 11 is 3.32. The fourth-order valence-electron chi connectivity index (χ4n) is 3.48. The zero-order chi connectivity index (χ0) is 20.8. The van der Waals surface area contributed by atoms with Crippen LogP contribution in [0.3, 0.4) is 0 Å². The Bertz CT molecular complexity index is 551. The van der Waals surface area contributed by atoms with Crippen molar-refractivity contribution in [3.8, 4) is 0 Å². The van der Waals surface area contributed by atoms with Gasteiger partial charge in [-0.25, -0.2) is 0 Å². The smallest absolute Gasteiger partial charge is 0.426 e. The van der Waals surface area contributed by atoms with Crippen molar-refractivity contribution in [1.29, 1.82) is 0 Å². The lowest BCUT2D eigenvalue weighted by molar-refractivity contribution is -0.372. The third-order valence-electron chi connectivity index (χ3n) is 5.48. The van der Waals surface area contributed by atoms with Gasteiger partial charge in [-0.3, -0.25) is 4.79 Å². The minimum atomic E-state index is -5.78. The van der Waals surface area contributed by atoms with Gasteiger partial charge in [-0.05, 0) is 38.5 Å². The Morgan fingerprint density at radius 3 is 2.00 bits per heavy atom. The van der Waals surface area contributed by atoms with E-state index in [9.17, 15) is 36.2 Å². The van der Waals surface area contributed by atoms with Gasteiger partial charge in [0.1, 0.15) is 3.42 Å². The number of hydrogen-bond acceptors (Lipinski definition) is 4. The molecule has 0 amide bonds. The van der Waals surface area contributed by atoms with Crippen LogP contribution in [0.5, 0.6) is 0 Å². The van der Waals surface area contributed by atoms with Crippen LogP contribution in [0, 0.1) is 11.8 Å². The number of aliphatic hydroxyl groups is 1. The normalized spacial score (nSPS) is 31.0. The van der Waals surface area contributed by atoms with Gasteiger partial charge in [0.2, 0.25) is 0 Å². The van der Waals surface area contributed by atoms with Crippen LogP contribution in [0.25, 0.3) is 0 Å². The van der Waals surface area contributed by atoms with E-state index < -0.39 is 39.0 Å². The van der Waals surface area contributed by atoms with E-state index in [0.29, 0.717) is 12.8 Å². The number of thioether (sulfide) groups is 1. The van der Waals surface area contributed by atoms with Gasteiger partial charge in [0.15, 0.2) is 0 Å². The molecule has 1 N–H and O–H groups in total. The van der Waals surface area contributed by atoms with Crippen LogP contribution in [-0.4, -0.2) is 49.6 Å². The molecule has 27 heavy (non-hydrogen) atoms. The molecule has 0 aromatic rings. The third-order valence-corrected chi connectivity index (χ3v) is 8.54. The van der Waals surface area contributed by atoms with Crippen LogP contribution in [0.2, 0.25) is 0 Å². The highest BCUT2D eigenvalue weighted by atomic mass is 127. The number of hydrogen-bond donors (Lipinski definition) is 1. The van der Waals surface area contributed by atoms with Crippen LogP contribution >= 0.6 is 34.4 Å². The molecule has 2 aliphatic rings. The predicted molar refractivity (Wildman–Crippen MR) is 96.7 cm³/mol. The molecule has 0 spiro atoms. The van der Waals surface area contributed by atoms with Crippen LogP contribution in [0.1, 0.15) is 39.5 Å². The summed E-state index contributed by atoms with van der Waals surface area (Å²) in [6.07, 6.45) is -11.9. The number of halogens is 7. The van der Waals surface area contributed by atoms with Crippen molar-refractivity contribution in [1.82, 2.24) is 0 Å². The summed E-state index contributed by atoms with van der Waals surface area (Å²) in [6.45, 7) is 3.69. The first kappa shape index (κ1) is 23.4. The molecule has 158 valence electrons. The first-order valence-electron chi connectivity index (χ1n) is 8.50. The second-order valence-corrected chi connectivity index (χ2v) is 11.3. The molecule has 2 saturated heterocycles. The van der Waals surface area contributed by atoms with Gasteiger partial charge >= 0.3 is 18.3 Å². The molecular formula is C16H21F6IO3S. The number of fused-ring (bicyclic) bond motifs is 2. The van der Waals surface area contributed by atoms with Crippen LogP contribution < -0.4 is 0 Å². The van der Waals surface area contributed by atoms with Crippen molar-refractivity contribution in [2.75, 3.05) is 6.61 Å². The average molecular weight is 534 g/mol. The molecule has 0 aromatic heterocycles. The molecule has 2 rings (SSSR count). The molecule has 2 bridgehead atoms. The summed E-state index contributed by atoms with van der Waals surface area (Å²) in [5, 5.41) is 8.83. The zero-order valence-corrected chi connectivity index (χ0v) is 17.6. The molecule has 0 saturated carbocycles. The maximum Gasteiger partial charge on any atom is 0.426 e. The number of rotatable bonds is 6. The first-order valence-corrected chi connectivity index (χ1v) is 10.5. The van der Waals surface area contributed by atoms with Gasteiger partial charge in [-0.2, -0.15) is 38.1 Å². The lowest BCUT2D eigenvalue weighted by Crippen LogP contribution is -2.58. The van der Waals surface area contributed by atoms with Gasteiger partial charge < -0.3 is 9.84 Å². The SMILES string of the molecule is CCC(C)(I)C(=O)OCC1CC2SC1CC2CC(O)(C(F)(F)F)C(F)(F)F. The third kappa shape index (κ3) is 4.65. The molecule has 5 atom stereocenters. The highest BCUT2D eigenvalue weighted by Gasteiger charge is 2.71. The molecule has 5 unspecified atom stereocenters. The van der Waals surface area contributed by atoms with Crippen molar-refractivity contribution in [2.45, 2.75) is 71.4 Å². The first-order chi connectivity index (χ1) is 12.1. The van der Waals surface area contributed by atoms with Gasteiger partial charge in [0.25, 0.3) is 5.60 Å². The van der Waals surface area contributed by atoms with Crippen LogP contribution in [-0.2, 0) is 9.53 Å². The summed E-state index contributed by atoms with van der Waals surface area (Å²) in [5.74, 6) is -1.35. The summed E-state index contributed by atoms with van der Waals surface area (Å²) in [6, 6.07) is 0. The maximum absolute atomic E-state index is 12.9. The fraction of sp³-hybridized carbons (Fsp3) is 0.938. The quantitative estimate of drug-likeness (QED) is 0.228. The molecule has 0 aromatic carbocycles. The van der Waals surface area contributed by atoms with Crippen molar-refractivity contribution < 1.29 is 41.0 Å². The Balaban J connectivity index is 1.96. The summed E-state index contributed by atoms with van der Waals surface area (Å²) in [7, 11) is 0. The standard InChI is InChI=1S/C16H21F6IO3S/c1-3-13(2,23)12(24)26-7-9-5-10-8(4-11(9)27-10)6-14(25,15(17,18)19)16(20,21)22/h8-11,25H,3-7H2,1-2H3. The molecule has 0 aliphatic carbocycles. The van der Waals surface area contributed by atoms with Crippen molar-refractivity contribution in [3.05, 3.63) is 0 Å². The predicted octanol–water partition coefficient (Wildman–Crippen LogP) is 4.89. The summed E-state index contributed by atoms with van der Waals surface area (Å²) < 4.78 is 82.0. The van der Waals surface area contributed by atoms with E-state index >= 15 is 0 Å². The molecule has 2 heterocycles. The second kappa shape index (κ2) is 7.73. The zero-order valence-electron chi connectivity index (χ0n) is 14.7. The van der Waals surface area contributed by atoms with Gasteiger partial charge in [0.05, 0.1) is 6.61 Å². The largest absolute Gasteiger partial charge is 0.464 e. The molecule has 2 aliphatic heterocycles. The summed E-state index contributed by atoms with van der Waals surface area (Å²) in [5.41, 5.74) is -4.69. The number of ether oxygens (including phenoxy) is 1. The second-order valence-electron chi connectivity index (χ2n) is 7.41. The molecule has 2 fully saturated rings. The fourth-order valence-corrected chi connectivity index (χ4v) is 5.65. The van der Waals surface area contributed by atoms with E-state index in [2.05, 4.69) is 0 Å². The lowest BCUT2D eigenvalue weighted by Gasteiger charge is -2.36. The van der Waals surface area contributed by atoms with E-state index in [4.69, 9.17) is 4.74 Å². The Hall–Kier alpha value is 0.0900. The Morgan fingerprint density at radius 1 is 1.11 bits per heavy atom. The minimum Gasteiger partial charge on any atom is -0.464 e. The molecule has 0 radical (unpaired) electrons. The molecular weight excluding hydrogens is 513 g/mol. The van der Waals surface area contributed by atoms with Gasteiger partial charge in [-0.1, -0.05) is 29.5 Å². The van der Waals surface area contributed by atoms with E-state index in [0.717, 1.165) is 0 Å². The van der Waals surface area contributed by atoms with E-state index in [1.807, 2.05) is 29.5 Å². The Kier molecular flexibility index (Phi) is 6.69. The lowest BCUT2D eigenvalue weighted by atomic mass is 9.76. The maximum atomic E-state index is 12.9. The van der Waals surface area contributed by atoms with E-state index in [1.54, 1.807) is 6.92 Å². The van der Waals surface area contributed by atoms with E-state index in [-0.39, 0.29) is 30.2 Å². The van der Waals surface area contributed by atoms with E-state index in [1.165, 1.54) is 11.8 Å². The topological polar surface area (TPSA) is 46.5 Å². The molecule has 3 nitrogen and oxygen atoms in total. The minimum absolute atomic E-state index is 0.0888. The van der Waals surface area contributed by atoms with Crippen LogP contribution in [0.4, 0.5) is 26.3 Å². The highest BCUT2D eigenvalue weighted by molar-refractivity contribution is 14.1. The van der Waals surface area contributed by atoms with Gasteiger partial charge in [0, 0.05) is 16.4 Å². The highest BCUT2D eigenvalue weighted by Crippen LogP contribution is 2.57. The number of alkyl halides is 7. The van der Waals surface area contributed by atoms with Crippen molar-refractivity contribution >= 4 is 40.3 Å². The Morgan fingerprint density at radius 2 is 1.59 bits per heavy atom. The number of carbonyl (C=O) groups is 1. The number of esters is 1. The monoisotopic (exact) mass is 534 g/mol. The Labute approximate surface area is 171 Å². The average Bonchev–Trinajstić information content (AvgIpc) is 3.09.